The van der Waals surface area contributed by atoms with Gasteiger partial charge in [0, 0.05) is 61.4 Å². The second-order valence-electron chi connectivity index (χ2n) is 14.0. The Morgan fingerprint density at radius 3 is 1.70 bits per heavy atom. The van der Waals surface area contributed by atoms with E-state index in [0.29, 0.717) is 17.5 Å². The van der Waals surface area contributed by atoms with Gasteiger partial charge < -0.3 is 13.7 Å². The van der Waals surface area contributed by atoms with Crippen molar-refractivity contribution >= 4 is 60.9 Å². The Balaban J connectivity index is 1.06. The van der Waals surface area contributed by atoms with Gasteiger partial charge in [0.1, 0.15) is 22.3 Å². The smallest absolute Gasteiger partial charge is 0.164 e. The molecule has 0 spiro atoms. The first-order valence-corrected chi connectivity index (χ1v) is 18.9. The number of para-hydroxylation sites is 2. The van der Waals surface area contributed by atoms with Crippen LogP contribution in [0.4, 0.5) is 17.1 Å². The summed E-state index contributed by atoms with van der Waals surface area (Å²) in [7, 11) is 0. The quantitative estimate of drug-likeness (QED) is 0.162. The monoisotopic (exact) mass is 732 g/mol. The van der Waals surface area contributed by atoms with Crippen LogP contribution in [0.3, 0.4) is 0 Å². The second-order valence-corrected chi connectivity index (χ2v) is 14.0. The zero-order valence-corrected chi connectivity index (χ0v) is 30.6. The van der Waals surface area contributed by atoms with Gasteiger partial charge in [-0.1, -0.05) is 127 Å². The number of rotatable bonds is 7. The lowest BCUT2D eigenvalue weighted by molar-refractivity contribution is 0.668. The summed E-state index contributed by atoms with van der Waals surface area (Å²) in [6.07, 6.45) is 0. The number of aromatic nitrogens is 3. The number of anilines is 3. The van der Waals surface area contributed by atoms with Gasteiger partial charge in [0.05, 0.1) is 0 Å². The van der Waals surface area contributed by atoms with Crippen LogP contribution in [0.5, 0.6) is 0 Å². The molecule has 8 aromatic carbocycles. The normalized spacial score (nSPS) is 11.5. The first-order valence-electron chi connectivity index (χ1n) is 18.9. The van der Waals surface area contributed by atoms with Crippen LogP contribution < -0.4 is 4.90 Å². The second kappa shape index (κ2) is 13.5. The van der Waals surface area contributed by atoms with E-state index >= 15 is 0 Å². The number of hydrogen-bond donors (Lipinski definition) is 0. The van der Waals surface area contributed by atoms with Crippen LogP contribution in [-0.2, 0) is 0 Å². The molecule has 268 valence electrons. The molecule has 0 N–H and O–H groups in total. The van der Waals surface area contributed by atoms with Crippen LogP contribution in [0.25, 0.3) is 89.2 Å². The van der Waals surface area contributed by atoms with Crippen LogP contribution >= 0.6 is 0 Å². The van der Waals surface area contributed by atoms with Gasteiger partial charge in [-0.15, -0.1) is 0 Å². The van der Waals surface area contributed by atoms with Crippen molar-refractivity contribution in [2.45, 2.75) is 0 Å². The maximum atomic E-state index is 6.67. The van der Waals surface area contributed by atoms with Gasteiger partial charge in [0.25, 0.3) is 0 Å². The molecule has 57 heavy (non-hydrogen) atoms. The Hall–Kier alpha value is -7.83. The minimum atomic E-state index is 0.560. The van der Waals surface area contributed by atoms with Crippen LogP contribution in [0.15, 0.2) is 203 Å². The molecule has 0 atom stereocenters. The third-order valence-electron chi connectivity index (χ3n) is 10.5. The summed E-state index contributed by atoms with van der Waals surface area (Å²) in [5.74, 6) is 1.71. The van der Waals surface area contributed by atoms with E-state index in [0.717, 1.165) is 83.2 Å². The van der Waals surface area contributed by atoms with Crippen molar-refractivity contribution in [3.05, 3.63) is 194 Å². The number of benzene rings is 8. The predicted molar refractivity (Wildman–Crippen MR) is 231 cm³/mol. The molecule has 0 amide bonds. The van der Waals surface area contributed by atoms with E-state index in [1.54, 1.807) is 0 Å². The molecule has 11 aromatic rings. The highest BCUT2D eigenvalue weighted by Crippen LogP contribution is 2.42. The molecule has 0 fully saturated rings. The van der Waals surface area contributed by atoms with E-state index in [1.165, 1.54) is 5.56 Å². The average Bonchev–Trinajstić information content (AvgIpc) is 3.85. The zero-order chi connectivity index (χ0) is 37.7. The fraction of sp³-hybridized carbons (Fsp3) is 0. The highest BCUT2D eigenvalue weighted by molar-refractivity contribution is 6.12. The molecule has 0 aliphatic heterocycles. The van der Waals surface area contributed by atoms with Gasteiger partial charge in [-0.2, -0.15) is 0 Å². The van der Waals surface area contributed by atoms with Crippen molar-refractivity contribution in [3.63, 3.8) is 0 Å². The first kappa shape index (κ1) is 32.6. The molecule has 0 saturated heterocycles. The lowest BCUT2D eigenvalue weighted by Crippen LogP contribution is -2.09. The average molecular weight is 733 g/mol. The highest BCUT2D eigenvalue weighted by atomic mass is 16.3. The van der Waals surface area contributed by atoms with Crippen molar-refractivity contribution in [1.82, 2.24) is 15.0 Å². The van der Waals surface area contributed by atoms with Gasteiger partial charge in [-0.25, -0.2) is 15.0 Å². The number of hydrogen-bond acceptors (Lipinski definition) is 6. The van der Waals surface area contributed by atoms with Crippen LogP contribution in [0.1, 0.15) is 0 Å². The Kier molecular flexibility index (Phi) is 7.71. The summed E-state index contributed by atoms with van der Waals surface area (Å²) in [4.78, 5) is 17.5. The highest BCUT2D eigenvalue weighted by Gasteiger charge is 2.21. The van der Waals surface area contributed by atoms with Crippen LogP contribution in [0.2, 0.25) is 0 Å². The molecule has 0 radical (unpaired) electrons. The van der Waals surface area contributed by atoms with E-state index in [4.69, 9.17) is 23.8 Å². The summed E-state index contributed by atoms with van der Waals surface area (Å²) in [6, 6.07) is 66.3. The lowest BCUT2D eigenvalue weighted by atomic mass is 10.0. The zero-order valence-electron chi connectivity index (χ0n) is 30.6. The Bertz CT molecular complexity index is 3250. The number of nitrogens with zero attached hydrogens (tertiary/aromatic N) is 4. The first-order chi connectivity index (χ1) is 28.2. The summed E-state index contributed by atoms with van der Waals surface area (Å²) in [5, 5.41) is 4.05. The third kappa shape index (κ3) is 5.79. The molecule has 11 rings (SSSR count). The van der Waals surface area contributed by atoms with Crippen LogP contribution in [0, 0.1) is 0 Å². The largest absolute Gasteiger partial charge is 0.456 e. The Morgan fingerprint density at radius 1 is 0.316 bits per heavy atom. The number of fused-ring (bicyclic) bond motifs is 6. The summed E-state index contributed by atoms with van der Waals surface area (Å²) < 4.78 is 12.9. The molecule has 0 saturated carbocycles. The van der Waals surface area contributed by atoms with Crippen molar-refractivity contribution in [1.29, 1.82) is 0 Å². The third-order valence-corrected chi connectivity index (χ3v) is 10.5. The SMILES string of the molecule is c1ccc(-c2cccc(N(c3ccccc3)c3ccc4c(c3)oc3cccc(-c5nc(-c6ccccc6)nc(-c6ccc7c(c6)oc6ccccc67)n5)c34)c2)cc1. The molecule has 0 aliphatic rings. The fourth-order valence-electron chi connectivity index (χ4n) is 7.83. The summed E-state index contributed by atoms with van der Waals surface area (Å²) in [5.41, 5.74) is 11.1. The van der Waals surface area contributed by atoms with E-state index in [-0.39, 0.29) is 0 Å². The molecule has 6 nitrogen and oxygen atoms in total. The van der Waals surface area contributed by atoms with Crippen molar-refractivity contribution in [2.75, 3.05) is 4.90 Å². The van der Waals surface area contributed by atoms with Gasteiger partial charge in [-0.3, -0.25) is 0 Å². The van der Waals surface area contributed by atoms with Crippen molar-refractivity contribution in [3.8, 4) is 45.3 Å². The van der Waals surface area contributed by atoms with Gasteiger partial charge >= 0.3 is 0 Å². The molecule has 0 aliphatic carbocycles. The van der Waals surface area contributed by atoms with E-state index in [2.05, 4.69) is 120 Å². The van der Waals surface area contributed by atoms with E-state index in [9.17, 15) is 0 Å². The standard InChI is InChI=1S/C51H32N4O2/c1-4-14-33(15-5-1)35-18-12-21-38(30-35)55(37-19-8-3-9-20-37)39-27-29-42-47(32-39)57-45-25-13-23-43(48(42)45)51-53-49(34-16-6-2-7-17-34)52-50(54-51)36-26-28-41-40-22-10-11-24-44(40)56-46(41)31-36/h1-32H. The van der Waals surface area contributed by atoms with Gasteiger partial charge in [0.2, 0.25) is 0 Å². The topological polar surface area (TPSA) is 68.2 Å². The molecule has 3 aromatic heterocycles. The molecule has 0 unspecified atom stereocenters. The maximum Gasteiger partial charge on any atom is 0.164 e. The van der Waals surface area contributed by atoms with Gasteiger partial charge in [-0.05, 0) is 71.8 Å². The number of furan rings is 2. The lowest BCUT2D eigenvalue weighted by Gasteiger charge is -2.26. The van der Waals surface area contributed by atoms with E-state index < -0.39 is 0 Å². The summed E-state index contributed by atoms with van der Waals surface area (Å²) >= 11 is 0. The molecule has 3 heterocycles. The minimum Gasteiger partial charge on any atom is -0.456 e. The molecule has 0 bridgehead atoms. The Labute approximate surface area is 328 Å². The van der Waals surface area contributed by atoms with E-state index in [1.807, 2.05) is 78.9 Å². The minimum absolute atomic E-state index is 0.560. The molecular formula is C51H32N4O2. The van der Waals surface area contributed by atoms with Gasteiger partial charge in [0.15, 0.2) is 17.5 Å². The summed E-state index contributed by atoms with van der Waals surface area (Å²) in [6.45, 7) is 0. The fourth-order valence-corrected chi connectivity index (χ4v) is 7.83. The van der Waals surface area contributed by atoms with Crippen LogP contribution in [-0.4, -0.2) is 15.0 Å². The molecule has 6 heteroatoms. The molecular weight excluding hydrogens is 701 g/mol. The maximum absolute atomic E-state index is 6.67. The predicted octanol–water partition coefficient (Wildman–Crippen LogP) is 13.8. The van der Waals surface area contributed by atoms with Crippen molar-refractivity contribution < 1.29 is 8.83 Å². The Morgan fingerprint density at radius 2 is 0.877 bits per heavy atom. The van der Waals surface area contributed by atoms with Crippen molar-refractivity contribution in [2.24, 2.45) is 0 Å².